The van der Waals surface area contributed by atoms with Crippen molar-refractivity contribution in [2.45, 2.75) is 33.2 Å². The number of aromatic amines is 1. The van der Waals surface area contributed by atoms with Gasteiger partial charge in [-0.25, -0.2) is 0 Å². The molecule has 0 aliphatic carbocycles. The number of nitrogens with one attached hydrogen (secondary N) is 1. The minimum absolute atomic E-state index is 0.0378. The first-order chi connectivity index (χ1) is 9.97. The van der Waals surface area contributed by atoms with E-state index in [1.807, 2.05) is 24.0 Å². The van der Waals surface area contributed by atoms with Gasteiger partial charge in [0.2, 0.25) is 5.91 Å². The monoisotopic (exact) mass is 286 g/mol. The highest BCUT2D eigenvalue weighted by molar-refractivity contribution is 5.87. The number of ether oxygens (including phenoxy) is 1. The molecule has 1 amide bonds. The molecule has 110 valence electrons. The Morgan fingerprint density at radius 3 is 2.76 bits per heavy atom. The molecule has 21 heavy (non-hydrogen) atoms. The van der Waals surface area contributed by atoms with Crippen LogP contribution in [0.3, 0.4) is 0 Å². The number of carbonyl (C=O) groups is 2. The molecule has 2 aromatic rings. The van der Waals surface area contributed by atoms with Gasteiger partial charge in [-0.05, 0) is 37.1 Å². The fourth-order valence-electron chi connectivity index (χ4n) is 3.11. The van der Waals surface area contributed by atoms with Gasteiger partial charge >= 0.3 is 5.97 Å². The van der Waals surface area contributed by atoms with Crippen LogP contribution in [0.1, 0.15) is 38.1 Å². The van der Waals surface area contributed by atoms with Crippen LogP contribution in [-0.4, -0.2) is 28.3 Å². The zero-order valence-corrected chi connectivity index (χ0v) is 12.4. The van der Waals surface area contributed by atoms with Crippen LogP contribution < -0.4 is 4.74 Å². The number of amides is 1. The lowest BCUT2D eigenvalue weighted by molar-refractivity contribution is -0.132. The van der Waals surface area contributed by atoms with Crippen LogP contribution in [0, 0.1) is 0 Å². The minimum atomic E-state index is -0.324. The van der Waals surface area contributed by atoms with E-state index in [4.69, 9.17) is 4.74 Å². The van der Waals surface area contributed by atoms with E-state index in [0.717, 1.165) is 23.0 Å². The molecule has 3 rings (SSSR count). The number of aromatic nitrogens is 1. The lowest BCUT2D eigenvalue weighted by Crippen LogP contribution is -2.37. The van der Waals surface area contributed by atoms with E-state index in [1.165, 1.54) is 12.5 Å². The summed E-state index contributed by atoms with van der Waals surface area (Å²) in [5, 5.41) is 1.07. The van der Waals surface area contributed by atoms with Crippen LogP contribution in [0.4, 0.5) is 0 Å². The average molecular weight is 286 g/mol. The number of rotatable bonds is 1. The van der Waals surface area contributed by atoms with Crippen LogP contribution in [-0.2, 0) is 16.0 Å². The molecule has 2 heterocycles. The zero-order chi connectivity index (χ0) is 15.1. The van der Waals surface area contributed by atoms with Crippen molar-refractivity contribution in [2.75, 3.05) is 6.54 Å². The maximum Gasteiger partial charge on any atom is 0.308 e. The Balaban J connectivity index is 2.07. The van der Waals surface area contributed by atoms with Crippen molar-refractivity contribution in [1.82, 2.24) is 9.88 Å². The molecular formula is C16H18N2O3. The van der Waals surface area contributed by atoms with Crippen molar-refractivity contribution in [3.8, 4) is 5.75 Å². The second-order valence-electron chi connectivity index (χ2n) is 5.46. The molecule has 0 saturated carbocycles. The van der Waals surface area contributed by atoms with Gasteiger partial charge in [0.1, 0.15) is 5.75 Å². The predicted octanol–water partition coefficient (Wildman–Crippen LogP) is 2.56. The van der Waals surface area contributed by atoms with E-state index < -0.39 is 0 Å². The standard InChI is InChI=1S/C16H18N2O3/c1-9-16-13(6-7-18(9)10(2)19)14-8-12(21-11(3)20)4-5-15(14)17-16/h4-5,8-9,17H,6-7H2,1-3H3. The van der Waals surface area contributed by atoms with E-state index in [2.05, 4.69) is 4.98 Å². The first kappa shape index (κ1) is 13.7. The van der Waals surface area contributed by atoms with Gasteiger partial charge in [0.15, 0.2) is 0 Å². The number of esters is 1. The topological polar surface area (TPSA) is 62.4 Å². The number of hydrogen-bond donors (Lipinski definition) is 1. The third-order valence-electron chi connectivity index (χ3n) is 4.06. The number of fused-ring (bicyclic) bond motifs is 3. The van der Waals surface area contributed by atoms with E-state index >= 15 is 0 Å². The number of carbonyl (C=O) groups excluding carboxylic acids is 2. The first-order valence-electron chi connectivity index (χ1n) is 7.07. The maximum absolute atomic E-state index is 11.7. The molecule has 1 aliphatic rings. The van der Waals surface area contributed by atoms with E-state index in [9.17, 15) is 9.59 Å². The highest BCUT2D eigenvalue weighted by Gasteiger charge is 2.28. The molecule has 1 aliphatic heterocycles. The average Bonchev–Trinajstić information content (AvgIpc) is 2.77. The number of hydrogen-bond acceptors (Lipinski definition) is 3. The highest BCUT2D eigenvalue weighted by atomic mass is 16.5. The van der Waals surface area contributed by atoms with Crippen LogP contribution in [0.25, 0.3) is 10.9 Å². The van der Waals surface area contributed by atoms with Gasteiger partial charge in [0.05, 0.1) is 6.04 Å². The Labute approximate surface area is 122 Å². The van der Waals surface area contributed by atoms with Crippen LogP contribution in [0.15, 0.2) is 18.2 Å². The van der Waals surface area contributed by atoms with Gasteiger partial charge in [-0.15, -0.1) is 0 Å². The van der Waals surface area contributed by atoms with Gasteiger partial charge in [-0.1, -0.05) is 0 Å². The fraction of sp³-hybridized carbons (Fsp3) is 0.375. The summed E-state index contributed by atoms with van der Waals surface area (Å²) in [6, 6.07) is 5.62. The van der Waals surface area contributed by atoms with Gasteiger partial charge in [0.25, 0.3) is 0 Å². The molecule has 0 spiro atoms. The molecule has 1 N–H and O–H groups in total. The molecule has 1 aromatic carbocycles. The van der Waals surface area contributed by atoms with Crippen molar-refractivity contribution in [3.63, 3.8) is 0 Å². The molecule has 0 bridgehead atoms. The summed E-state index contributed by atoms with van der Waals surface area (Å²) in [6.07, 6.45) is 0.808. The molecular weight excluding hydrogens is 268 g/mol. The second kappa shape index (κ2) is 4.91. The molecule has 0 fully saturated rings. The van der Waals surface area contributed by atoms with Gasteiger partial charge in [0, 0.05) is 37.0 Å². The highest BCUT2D eigenvalue weighted by Crippen LogP contribution is 2.35. The van der Waals surface area contributed by atoms with Crippen molar-refractivity contribution >= 4 is 22.8 Å². The van der Waals surface area contributed by atoms with E-state index in [-0.39, 0.29) is 17.9 Å². The number of benzene rings is 1. The molecule has 0 radical (unpaired) electrons. The lowest BCUT2D eigenvalue weighted by Gasteiger charge is -2.32. The van der Waals surface area contributed by atoms with Crippen LogP contribution in [0.2, 0.25) is 0 Å². The zero-order valence-electron chi connectivity index (χ0n) is 12.4. The van der Waals surface area contributed by atoms with Crippen LogP contribution in [0.5, 0.6) is 5.75 Å². The molecule has 5 nitrogen and oxygen atoms in total. The summed E-state index contributed by atoms with van der Waals surface area (Å²) < 4.78 is 5.15. The van der Waals surface area contributed by atoms with Gasteiger partial charge in [-0.3, -0.25) is 9.59 Å². The summed E-state index contributed by atoms with van der Waals surface area (Å²) in [7, 11) is 0. The second-order valence-corrected chi connectivity index (χ2v) is 5.46. The number of nitrogens with zero attached hydrogens (tertiary/aromatic N) is 1. The lowest BCUT2D eigenvalue weighted by atomic mass is 9.98. The Hall–Kier alpha value is -2.30. The van der Waals surface area contributed by atoms with Crippen LogP contribution >= 0.6 is 0 Å². The Morgan fingerprint density at radius 2 is 2.10 bits per heavy atom. The summed E-state index contributed by atoms with van der Waals surface area (Å²) in [5.74, 6) is 0.320. The molecule has 0 saturated heterocycles. The third-order valence-corrected chi connectivity index (χ3v) is 4.06. The molecule has 1 aromatic heterocycles. The quantitative estimate of drug-likeness (QED) is 0.647. The summed E-state index contributed by atoms with van der Waals surface area (Å²) >= 11 is 0. The van der Waals surface area contributed by atoms with Crippen molar-refractivity contribution in [3.05, 3.63) is 29.5 Å². The largest absolute Gasteiger partial charge is 0.427 e. The Bertz CT molecular complexity index is 732. The minimum Gasteiger partial charge on any atom is -0.427 e. The van der Waals surface area contributed by atoms with Gasteiger partial charge < -0.3 is 14.6 Å². The summed E-state index contributed by atoms with van der Waals surface area (Å²) in [5.41, 5.74) is 3.29. The molecule has 5 heteroatoms. The van der Waals surface area contributed by atoms with Gasteiger partial charge in [-0.2, -0.15) is 0 Å². The smallest absolute Gasteiger partial charge is 0.308 e. The summed E-state index contributed by atoms with van der Waals surface area (Å²) in [4.78, 5) is 28.0. The number of H-pyrrole nitrogens is 1. The third kappa shape index (κ3) is 2.28. The Kier molecular flexibility index (Phi) is 3.20. The van der Waals surface area contributed by atoms with E-state index in [1.54, 1.807) is 13.0 Å². The normalized spacial score (nSPS) is 17.7. The predicted molar refractivity (Wildman–Crippen MR) is 79.1 cm³/mol. The SMILES string of the molecule is CC(=O)Oc1ccc2[nH]c3c(c2c1)CCN(C(C)=O)C3C. The van der Waals surface area contributed by atoms with Crippen molar-refractivity contribution < 1.29 is 14.3 Å². The molecule has 1 atom stereocenters. The maximum atomic E-state index is 11.7. The summed E-state index contributed by atoms with van der Waals surface area (Å²) in [6.45, 7) is 5.74. The molecule has 1 unspecified atom stereocenters. The fourth-order valence-corrected chi connectivity index (χ4v) is 3.11. The van der Waals surface area contributed by atoms with Crippen molar-refractivity contribution in [1.29, 1.82) is 0 Å². The van der Waals surface area contributed by atoms with E-state index in [0.29, 0.717) is 12.3 Å². The Morgan fingerprint density at radius 1 is 1.33 bits per heavy atom. The van der Waals surface area contributed by atoms with Crippen molar-refractivity contribution in [2.24, 2.45) is 0 Å². The first-order valence-corrected chi connectivity index (χ1v) is 7.07.